The fourth-order valence-electron chi connectivity index (χ4n) is 5.17. The van der Waals surface area contributed by atoms with Crippen LogP contribution in [0.1, 0.15) is 18.4 Å². The first-order valence-corrected chi connectivity index (χ1v) is 16.5. The number of nitrogens with zero attached hydrogens (tertiary/aromatic N) is 3. The van der Waals surface area contributed by atoms with Crippen LogP contribution in [0.15, 0.2) is 79.1 Å². The van der Waals surface area contributed by atoms with Gasteiger partial charge in [0.15, 0.2) is 11.6 Å². The van der Waals surface area contributed by atoms with Crippen molar-refractivity contribution in [3.8, 4) is 27.8 Å². The lowest BCUT2D eigenvalue weighted by Crippen LogP contribution is -2.38. The van der Waals surface area contributed by atoms with E-state index in [1.165, 1.54) is 23.5 Å². The van der Waals surface area contributed by atoms with Gasteiger partial charge < -0.3 is 30.2 Å². The molecule has 0 unspecified atom stereocenters. The molecule has 2 aromatic carbocycles. The highest BCUT2D eigenvalue weighted by molar-refractivity contribution is 7.22. The number of fused-ring (bicyclic) bond motifs is 1. The largest absolute Gasteiger partial charge is 0.492 e. The number of pyridine rings is 2. The molecule has 242 valence electrons. The maximum absolute atomic E-state index is 14.9. The van der Waals surface area contributed by atoms with Crippen molar-refractivity contribution in [2.45, 2.75) is 25.4 Å². The first-order chi connectivity index (χ1) is 23.1. The van der Waals surface area contributed by atoms with Crippen molar-refractivity contribution in [1.29, 1.82) is 0 Å². The molecule has 1 aliphatic heterocycles. The average Bonchev–Trinajstić information content (AvgIpc) is 3.79. The SMILES string of the molecule is O=C(Nc1ccc(Oc2ccnc3cc(-c4ccc(CNc5cccc(OCCN6CCOCC6)c5)cn4)sc23)c(F)c1)NC1CC1. The van der Waals surface area contributed by atoms with Gasteiger partial charge in [0, 0.05) is 74.2 Å². The van der Waals surface area contributed by atoms with Gasteiger partial charge in [-0.15, -0.1) is 11.3 Å². The van der Waals surface area contributed by atoms with Gasteiger partial charge in [-0.2, -0.15) is 0 Å². The molecule has 12 heteroatoms. The van der Waals surface area contributed by atoms with Gasteiger partial charge in [0.05, 0.1) is 34.0 Å². The second-order valence-electron chi connectivity index (χ2n) is 11.5. The molecule has 2 fully saturated rings. The summed E-state index contributed by atoms with van der Waals surface area (Å²) in [5.41, 5.74) is 3.91. The fourth-order valence-corrected chi connectivity index (χ4v) is 6.22. The van der Waals surface area contributed by atoms with Gasteiger partial charge in [0.2, 0.25) is 0 Å². The van der Waals surface area contributed by atoms with Crippen LogP contribution in [0.2, 0.25) is 0 Å². The summed E-state index contributed by atoms with van der Waals surface area (Å²) < 4.78 is 33.1. The number of thiophene rings is 1. The first-order valence-electron chi connectivity index (χ1n) is 15.7. The van der Waals surface area contributed by atoms with E-state index in [0.29, 0.717) is 24.6 Å². The Hall–Kier alpha value is -4.78. The predicted molar refractivity (Wildman–Crippen MR) is 181 cm³/mol. The van der Waals surface area contributed by atoms with E-state index in [1.807, 2.05) is 48.7 Å². The first kappa shape index (κ1) is 30.9. The molecule has 3 N–H and O–H groups in total. The summed E-state index contributed by atoms with van der Waals surface area (Å²) in [7, 11) is 0. The minimum Gasteiger partial charge on any atom is -0.492 e. The number of morpholine rings is 1. The maximum atomic E-state index is 14.9. The van der Waals surface area contributed by atoms with Crippen LogP contribution in [0.4, 0.5) is 20.6 Å². The van der Waals surface area contributed by atoms with Crippen LogP contribution in [0.5, 0.6) is 17.2 Å². The number of anilines is 2. The van der Waals surface area contributed by atoms with Crippen LogP contribution >= 0.6 is 11.3 Å². The summed E-state index contributed by atoms with van der Waals surface area (Å²) in [5.74, 6) is 0.805. The Morgan fingerprint density at radius 3 is 2.70 bits per heavy atom. The molecule has 7 rings (SSSR count). The van der Waals surface area contributed by atoms with E-state index in [9.17, 15) is 9.18 Å². The summed E-state index contributed by atoms with van der Waals surface area (Å²) in [6.07, 6.45) is 5.44. The number of benzene rings is 2. The highest BCUT2D eigenvalue weighted by Crippen LogP contribution is 2.39. The molecule has 3 aromatic heterocycles. The van der Waals surface area contributed by atoms with Crippen LogP contribution in [0.25, 0.3) is 20.8 Å². The van der Waals surface area contributed by atoms with Gasteiger partial charge in [-0.3, -0.25) is 14.9 Å². The van der Waals surface area contributed by atoms with E-state index in [0.717, 1.165) is 83.5 Å². The molecule has 0 radical (unpaired) electrons. The number of urea groups is 1. The Morgan fingerprint density at radius 1 is 1.00 bits per heavy atom. The van der Waals surface area contributed by atoms with Gasteiger partial charge in [-0.1, -0.05) is 12.1 Å². The molecule has 0 atom stereocenters. The molecule has 1 saturated heterocycles. The molecule has 2 amide bonds. The normalized spacial score (nSPS) is 14.9. The third-order valence-corrected chi connectivity index (χ3v) is 9.05. The second-order valence-corrected chi connectivity index (χ2v) is 12.5. The number of rotatable bonds is 12. The van der Waals surface area contributed by atoms with Gasteiger partial charge in [0.1, 0.15) is 18.1 Å². The summed E-state index contributed by atoms with van der Waals surface area (Å²) in [6, 6.07) is 19.9. The van der Waals surface area contributed by atoms with Crippen molar-refractivity contribution >= 4 is 39.0 Å². The van der Waals surface area contributed by atoms with Crippen LogP contribution in [-0.4, -0.2) is 66.4 Å². The Bertz CT molecular complexity index is 1840. The summed E-state index contributed by atoms with van der Waals surface area (Å²) in [6.45, 7) is 5.61. The number of ether oxygens (including phenoxy) is 3. The Labute approximate surface area is 275 Å². The third-order valence-electron chi connectivity index (χ3n) is 7.89. The van der Waals surface area contributed by atoms with Gasteiger partial charge in [0.25, 0.3) is 0 Å². The van der Waals surface area contributed by atoms with Crippen molar-refractivity contribution in [3.05, 3.63) is 90.5 Å². The van der Waals surface area contributed by atoms with Crippen LogP contribution in [0, 0.1) is 5.82 Å². The third kappa shape index (κ3) is 8.15. The Kier molecular flexibility index (Phi) is 9.40. The van der Waals surface area contributed by atoms with E-state index in [1.54, 1.807) is 18.3 Å². The predicted octanol–water partition coefficient (Wildman–Crippen LogP) is 6.90. The van der Waals surface area contributed by atoms with Gasteiger partial charge in [-0.25, -0.2) is 9.18 Å². The van der Waals surface area contributed by atoms with E-state index in [2.05, 4.69) is 25.8 Å². The fraction of sp³-hybridized carbons (Fsp3) is 0.286. The Morgan fingerprint density at radius 2 is 1.89 bits per heavy atom. The Balaban J connectivity index is 0.956. The minimum absolute atomic E-state index is 0.0562. The number of aromatic nitrogens is 2. The summed E-state index contributed by atoms with van der Waals surface area (Å²) in [5, 5.41) is 8.93. The molecule has 0 bridgehead atoms. The lowest BCUT2D eigenvalue weighted by molar-refractivity contribution is 0.0322. The maximum Gasteiger partial charge on any atom is 0.319 e. The number of amides is 2. The van der Waals surface area contributed by atoms with Crippen LogP contribution in [0.3, 0.4) is 0 Å². The van der Waals surface area contributed by atoms with Crippen molar-refractivity contribution in [3.63, 3.8) is 0 Å². The lowest BCUT2D eigenvalue weighted by atomic mass is 10.2. The van der Waals surface area contributed by atoms with Gasteiger partial charge in [-0.05, 0) is 54.8 Å². The van der Waals surface area contributed by atoms with E-state index in [4.69, 9.17) is 19.2 Å². The van der Waals surface area contributed by atoms with Crippen molar-refractivity contribution in [2.75, 3.05) is 50.1 Å². The topological polar surface area (TPSA) is 110 Å². The van der Waals surface area contributed by atoms with Crippen molar-refractivity contribution in [2.24, 2.45) is 0 Å². The second kappa shape index (κ2) is 14.3. The molecule has 4 heterocycles. The monoisotopic (exact) mass is 654 g/mol. The average molecular weight is 655 g/mol. The highest BCUT2D eigenvalue weighted by atomic mass is 32.1. The minimum atomic E-state index is -0.579. The molecule has 0 spiro atoms. The molecule has 1 aliphatic carbocycles. The zero-order chi connectivity index (χ0) is 32.0. The molecule has 1 saturated carbocycles. The molecule has 2 aliphatic rings. The van der Waals surface area contributed by atoms with Crippen LogP contribution in [-0.2, 0) is 11.3 Å². The molecular formula is C35H35FN6O4S. The summed E-state index contributed by atoms with van der Waals surface area (Å²) >= 11 is 1.48. The number of hydrogen-bond acceptors (Lipinski definition) is 9. The zero-order valence-corrected chi connectivity index (χ0v) is 26.5. The van der Waals surface area contributed by atoms with Crippen molar-refractivity contribution < 1.29 is 23.4 Å². The van der Waals surface area contributed by atoms with Gasteiger partial charge >= 0.3 is 6.03 Å². The summed E-state index contributed by atoms with van der Waals surface area (Å²) in [4.78, 5) is 24.5. The van der Waals surface area contributed by atoms with Crippen LogP contribution < -0.4 is 25.4 Å². The highest BCUT2D eigenvalue weighted by Gasteiger charge is 2.23. The molecular weight excluding hydrogens is 619 g/mol. The molecule has 5 aromatic rings. The molecule has 47 heavy (non-hydrogen) atoms. The smallest absolute Gasteiger partial charge is 0.319 e. The van der Waals surface area contributed by atoms with E-state index < -0.39 is 5.82 Å². The van der Waals surface area contributed by atoms with Crippen molar-refractivity contribution in [1.82, 2.24) is 20.2 Å². The number of halogens is 1. The molecule has 10 nitrogen and oxygen atoms in total. The number of carbonyl (C=O) groups is 1. The number of nitrogens with one attached hydrogen (secondary N) is 3. The quantitative estimate of drug-likeness (QED) is 0.133. The number of carbonyl (C=O) groups excluding carboxylic acids is 1. The zero-order valence-electron chi connectivity index (χ0n) is 25.7. The standard InChI is InChI=1S/C35H35FN6O4S/c36-28-19-26(41-35(43)40-24-5-6-24)7-9-31(28)46-32-10-11-37-30-20-33(47-34(30)32)29-8-4-23(22-39-29)21-38-25-2-1-3-27(18-25)45-17-14-42-12-15-44-16-13-42/h1-4,7-11,18-20,22,24,38H,5-6,12-17,21H2,(H2,40,41,43). The number of hydrogen-bond donors (Lipinski definition) is 3. The van der Waals surface area contributed by atoms with E-state index in [-0.39, 0.29) is 17.8 Å². The lowest BCUT2D eigenvalue weighted by Gasteiger charge is -2.26. The van der Waals surface area contributed by atoms with E-state index >= 15 is 0 Å².